The molecule has 116 valence electrons. The molecule has 0 bridgehead atoms. The van der Waals surface area contributed by atoms with Gasteiger partial charge in [-0.3, -0.25) is 0 Å². The molecule has 0 aromatic heterocycles. The number of hydrogen-bond donors (Lipinski definition) is 0. The van der Waals surface area contributed by atoms with Gasteiger partial charge in [0.25, 0.3) is 0 Å². The van der Waals surface area contributed by atoms with Crippen molar-refractivity contribution in [1.29, 1.82) is 0 Å². The Morgan fingerprint density at radius 3 is 1.77 bits per heavy atom. The second kappa shape index (κ2) is 5.98. The van der Waals surface area contributed by atoms with E-state index < -0.39 is 0 Å². The molecule has 1 aliphatic heterocycles. The minimum atomic E-state index is -0.284. The van der Waals surface area contributed by atoms with Gasteiger partial charge in [0.1, 0.15) is 0 Å². The maximum absolute atomic E-state index is 6.10. The molecule has 1 saturated heterocycles. The zero-order valence-electron chi connectivity index (χ0n) is 13.5. The van der Waals surface area contributed by atoms with Crippen molar-refractivity contribution in [3.63, 3.8) is 0 Å². The third-order valence-electron chi connectivity index (χ3n) is 4.35. The molecule has 1 aliphatic rings. The maximum atomic E-state index is 6.10. The fourth-order valence-electron chi connectivity index (χ4n) is 2.27. The molecular weight excluding hydrogens is 386 g/mol. The summed E-state index contributed by atoms with van der Waals surface area (Å²) in [7, 11) is -0.269. The summed E-state index contributed by atoms with van der Waals surface area (Å²) < 4.78 is 15.0. The van der Waals surface area contributed by atoms with Crippen LogP contribution in [0, 0.1) is 7.14 Å². The Morgan fingerprint density at radius 1 is 0.727 bits per heavy atom. The summed E-state index contributed by atoms with van der Waals surface area (Å²) in [5.41, 5.74) is 0.528. The van der Waals surface area contributed by atoms with Crippen LogP contribution in [0.1, 0.15) is 27.7 Å². The Labute approximate surface area is 143 Å². The zero-order chi connectivity index (χ0) is 15.8. The van der Waals surface area contributed by atoms with Gasteiger partial charge in [-0.2, -0.15) is 0 Å². The molecule has 0 saturated carbocycles. The van der Waals surface area contributed by atoms with Gasteiger partial charge in [-0.25, -0.2) is 0 Å². The fraction of sp³-hybridized carbons (Fsp3) is 0.333. The van der Waals surface area contributed by atoms with Crippen molar-refractivity contribution in [3.8, 4) is 0 Å². The van der Waals surface area contributed by atoms with Crippen molar-refractivity contribution < 1.29 is 30.5 Å². The normalized spacial score (nSPS) is 19.5. The number of halogens is 1. The van der Waals surface area contributed by atoms with Crippen molar-refractivity contribution in [3.05, 3.63) is 61.7 Å². The molecule has 1 fully saturated rings. The van der Waals surface area contributed by atoms with E-state index in [-0.39, 0.29) is 39.5 Å². The predicted molar refractivity (Wildman–Crippen MR) is 86.0 cm³/mol. The van der Waals surface area contributed by atoms with Crippen molar-refractivity contribution in [1.82, 2.24) is 0 Å². The zero-order valence-corrected chi connectivity index (χ0v) is 15.6. The SMILES string of the molecule is CC1(C)OB(c2ccc([I-]c3ccccc3)cc2)OC1(C)C. The fourth-order valence-corrected chi connectivity index (χ4v) is 4.48. The van der Waals surface area contributed by atoms with Crippen LogP contribution in [0.25, 0.3) is 0 Å². The third kappa shape index (κ3) is 3.24. The van der Waals surface area contributed by atoms with Crippen LogP contribution in [-0.2, 0) is 9.31 Å². The average Bonchev–Trinajstić information content (AvgIpc) is 2.69. The van der Waals surface area contributed by atoms with E-state index in [1.165, 1.54) is 7.14 Å². The molecule has 0 atom stereocenters. The Morgan fingerprint density at radius 2 is 1.23 bits per heavy atom. The van der Waals surface area contributed by atoms with Gasteiger partial charge in [0, 0.05) is 0 Å². The minimum absolute atomic E-state index is 0.118. The summed E-state index contributed by atoms with van der Waals surface area (Å²) in [5.74, 6) is 0. The predicted octanol–water partition coefficient (Wildman–Crippen LogP) is 0.114. The Bertz CT molecular complexity index is 622. The van der Waals surface area contributed by atoms with E-state index in [2.05, 4.69) is 82.3 Å². The summed E-state index contributed by atoms with van der Waals surface area (Å²) in [5, 5.41) is 0. The van der Waals surface area contributed by atoms with Gasteiger partial charge in [-0.05, 0) is 0 Å². The van der Waals surface area contributed by atoms with Gasteiger partial charge in [-0.1, -0.05) is 0 Å². The summed E-state index contributed by atoms with van der Waals surface area (Å²) in [6, 6.07) is 19.4. The summed E-state index contributed by atoms with van der Waals surface area (Å²) >= 11 is -0.118. The van der Waals surface area contributed by atoms with E-state index in [1.54, 1.807) is 0 Å². The molecule has 0 spiro atoms. The summed E-state index contributed by atoms with van der Waals surface area (Å²) in [4.78, 5) is 0. The molecular formula is C18H21BIO2-. The Balaban J connectivity index is 1.73. The molecule has 2 aromatic rings. The molecule has 22 heavy (non-hydrogen) atoms. The van der Waals surface area contributed by atoms with Crippen molar-refractivity contribution in [2.24, 2.45) is 0 Å². The number of benzene rings is 2. The first kappa shape index (κ1) is 16.0. The van der Waals surface area contributed by atoms with Crippen LogP contribution in [0.4, 0.5) is 0 Å². The van der Waals surface area contributed by atoms with Gasteiger partial charge in [-0.15, -0.1) is 0 Å². The van der Waals surface area contributed by atoms with E-state index in [1.807, 2.05) is 0 Å². The van der Waals surface area contributed by atoms with Crippen LogP contribution in [0.15, 0.2) is 54.6 Å². The first-order valence-electron chi connectivity index (χ1n) is 7.53. The van der Waals surface area contributed by atoms with E-state index >= 15 is 0 Å². The van der Waals surface area contributed by atoms with Gasteiger partial charge in [0.2, 0.25) is 0 Å². The van der Waals surface area contributed by atoms with Crippen molar-refractivity contribution in [2.45, 2.75) is 38.9 Å². The molecule has 0 unspecified atom stereocenters. The summed E-state index contributed by atoms with van der Waals surface area (Å²) in [6.45, 7) is 8.34. The first-order chi connectivity index (χ1) is 10.4. The van der Waals surface area contributed by atoms with E-state index in [0.717, 1.165) is 5.46 Å². The van der Waals surface area contributed by atoms with Crippen LogP contribution < -0.4 is 26.7 Å². The first-order valence-corrected chi connectivity index (χ1v) is 9.69. The van der Waals surface area contributed by atoms with Crippen molar-refractivity contribution >= 4 is 12.6 Å². The van der Waals surface area contributed by atoms with Gasteiger partial charge in [0.15, 0.2) is 0 Å². The monoisotopic (exact) mass is 407 g/mol. The average molecular weight is 407 g/mol. The van der Waals surface area contributed by atoms with Gasteiger partial charge < -0.3 is 0 Å². The topological polar surface area (TPSA) is 18.5 Å². The molecule has 0 radical (unpaired) electrons. The van der Waals surface area contributed by atoms with Gasteiger partial charge >= 0.3 is 144 Å². The van der Waals surface area contributed by atoms with Crippen LogP contribution >= 0.6 is 0 Å². The number of rotatable bonds is 3. The van der Waals surface area contributed by atoms with E-state index in [9.17, 15) is 0 Å². The molecule has 4 heteroatoms. The molecule has 2 aromatic carbocycles. The van der Waals surface area contributed by atoms with Crippen LogP contribution in [0.5, 0.6) is 0 Å². The Hall–Kier alpha value is -0.845. The van der Waals surface area contributed by atoms with Crippen LogP contribution in [-0.4, -0.2) is 18.3 Å². The molecule has 0 amide bonds. The quantitative estimate of drug-likeness (QED) is 0.532. The van der Waals surface area contributed by atoms with Crippen LogP contribution in [0.2, 0.25) is 0 Å². The van der Waals surface area contributed by atoms with Crippen molar-refractivity contribution in [2.75, 3.05) is 0 Å². The molecule has 3 rings (SSSR count). The standard InChI is InChI=1S/C18H21BIO2/c1-17(2)18(3,4)22-19(21-17)14-10-12-16(13-11-14)20-15-8-6-5-7-9-15/h5-13H,1-4H3/q-1. The van der Waals surface area contributed by atoms with E-state index in [0.29, 0.717) is 0 Å². The van der Waals surface area contributed by atoms with Crippen LogP contribution in [0.3, 0.4) is 0 Å². The van der Waals surface area contributed by atoms with Gasteiger partial charge in [0.05, 0.1) is 0 Å². The summed E-state index contributed by atoms with van der Waals surface area (Å²) in [6.07, 6.45) is 0. The number of hydrogen-bond acceptors (Lipinski definition) is 2. The molecule has 1 heterocycles. The van der Waals surface area contributed by atoms with E-state index in [4.69, 9.17) is 9.31 Å². The molecule has 2 nitrogen and oxygen atoms in total. The molecule has 0 aliphatic carbocycles. The second-order valence-corrected chi connectivity index (χ2v) is 9.56. The molecule has 0 N–H and O–H groups in total. The Kier molecular flexibility index (Phi) is 4.36. The third-order valence-corrected chi connectivity index (χ3v) is 7.03. The second-order valence-electron chi connectivity index (χ2n) is 6.53.